The normalized spacial score (nSPS) is 23.9. The van der Waals surface area contributed by atoms with Crippen LogP contribution in [0.4, 0.5) is 4.79 Å². The van der Waals surface area contributed by atoms with Gasteiger partial charge in [0.1, 0.15) is 11.4 Å². The number of fused-ring (bicyclic) bond motifs is 4. The van der Waals surface area contributed by atoms with Gasteiger partial charge in [0, 0.05) is 12.1 Å². The Labute approximate surface area is 173 Å². The zero-order chi connectivity index (χ0) is 20.9. The second-order valence-corrected chi connectivity index (χ2v) is 8.50. The molecule has 156 valence electrons. The van der Waals surface area contributed by atoms with Crippen LogP contribution in [0.2, 0.25) is 0 Å². The number of nitrogens with zero attached hydrogens (tertiary/aromatic N) is 2. The third-order valence-corrected chi connectivity index (χ3v) is 5.05. The lowest BCUT2D eigenvalue weighted by Gasteiger charge is -2.40. The molecule has 0 aromatic heterocycles. The van der Waals surface area contributed by atoms with E-state index in [0.717, 1.165) is 24.8 Å². The van der Waals surface area contributed by atoms with Crippen molar-refractivity contribution in [3.05, 3.63) is 41.5 Å². The Hall–Kier alpha value is -2.52. The van der Waals surface area contributed by atoms with E-state index in [-0.39, 0.29) is 18.2 Å². The molecular formula is C23H30N2O4. The summed E-state index contributed by atoms with van der Waals surface area (Å²) in [4.78, 5) is 14.7. The van der Waals surface area contributed by atoms with Crippen LogP contribution in [-0.2, 0) is 9.47 Å². The summed E-state index contributed by atoms with van der Waals surface area (Å²) in [7, 11) is 0. The van der Waals surface area contributed by atoms with E-state index >= 15 is 0 Å². The van der Waals surface area contributed by atoms with E-state index in [2.05, 4.69) is 12.1 Å². The molecule has 1 amide bonds. The molecule has 2 atom stereocenters. The predicted molar refractivity (Wildman–Crippen MR) is 110 cm³/mol. The van der Waals surface area contributed by atoms with Crippen molar-refractivity contribution in [3.8, 4) is 11.8 Å². The van der Waals surface area contributed by atoms with Gasteiger partial charge in [-0.1, -0.05) is 18.2 Å². The van der Waals surface area contributed by atoms with Crippen LogP contribution in [0.3, 0.4) is 0 Å². The SMILES string of the molecule is CC(C)(C)OC(=O)N1CC[C@H]2C[C@H]1c1ccc(C#N)cc1OCCC/C=C\CO2. The highest BCUT2D eigenvalue weighted by atomic mass is 16.6. The first-order valence-corrected chi connectivity index (χ1v) is 10.3. The summed E-state index contributed by atoms with van der Waals surface area (Å²) in [6, 6.07) is 7.39. The molecule has 0 spiro atoms. The van der Waals surface area contributed by atoms with Crippen LogP contribution in [0, 0.1) is 11.3 Å². The van der Waals surface area contributed by atoms with Gasteiger partial charge in [-0.15, -0.1) is 0 Å². The van der Waals surface area contributed by atoms with Crippen LogP contribution < -0.4 is 4.74 Å². The molecule has 0 radical (unpaired) electrons. The number of carbonyl (C=O) groups is 1. The van der Waals surface area contributed by atoms with E-state index in [1.165, 1.54) is 0 Å². The lowest BCUT2D eigenvalue weighted by molar-refractivity contribution is -0.0257. The van der Waals surface area contributed by atoms with Crippen molar-refractivity contribution in [2.75, 3.05) is 19.8 Å². The maximum Gasteiger partial charge on any atom is 0.410 e. The van der Waals surface area contributed by atoms with E-state index in [9.17, 15) is 10.1 Å². The molecule has 2 bridgehead atoms. The molecule has 1 aromatic carbocycles. The zero-order valence-electron chi connectivity index (χ0n) is 17.5. The predicted octanol–water partition coefficient (Wildman–Crippen LogP) is 4.74. The van der Waals surface area contributed by atoms with Gasteiger partial charge in [0.05, 0.1) is 37.0 Å². The van der Waals surface area contributed by atoms with Gasteiger partial charge in [0.2, 0.25) is 0 Å². The van der Waals surface area contributed by atoms with Gasteiger partial charge < -0.3 is 19.1 Å². The summed E-state index contributed by atoms with van der Waals surface area (Å²) in [6.45, 7) is 7.28. The minimum Gasteiger partial charge on any atom is -0.493 e. The van der Waals surface area contributed by atoms with Crippen molar-refractivity contribution in [1.29, 1.82) is 5.26 Å². The second kappa shape index (κ2) is 9.32. The monoisotopic (exact) mass is 398 g/mol. The second-order valence-electron chi connectivity index (χ2n) is 8.50. The maximum absolute atomic E-state index is 12.9. The number of piperidine rings is 1. The van der Waals surface area contributed by atoms with Crippen LogP contribution in [0.15, 0.2) is 30.4 Å². The van der Waals surface area contributed by atoms with E-state index in [1.807, 2.05) is 32.9 Å². The molecule has 0 unspecified atom stereocenters. The van der Waals surface area contributed by atoms with Gasteiger partial charge >= 0.3 is 6.09 Å². The molecule has 3 rings (SSSR count). The number of hydrogen-bond donors (Lipinski definition) is 0. The molecule has 2 aliphatic heterocycles. The van der Waals surface area contributed by atoms with E-state index in [1.54, 1.807) is 17.0 Å². The highest BCUT2D eigenvalue weighted by molar-refractivity contribution is 5.69. The van der Waals surface area contributed by atoms with Gasteiger partial charge in [-0.05, 0) is 58.6 Å². The van der Waals surface area contributed by atoms with Crippen LogP contribution >= 0.6 is 0 Å². The Kier molecular flexibility index (Phi) is 6.81. The highest BCUT2D eigenvalue weighted by Crippen LogP contribution is 2.38. The summed E-state index contributed by atoms with van der Waals surface area (Å²) in [6.07, 6.45) is 7.08. The summed E-state index contributed by atoms with van der Waals surface area (Å²) in [5.41, 5.74) is 0.874. The average Bonchev–Trinajstić information content (AvgIpc) is 2.69. The lowest BCUT2D eigenvalue weighted by Crippen LogP contribution is -2.45. The van der Waals surface area contributed by atoms with Gasteiger partial charge in [-0.2, -0.15) is 5.26 Å². The Bertz CT molecular complexity index is 791. The van der Waals surface area contributed by atoms with E-state index < -0.39 is 5.60 Å². The minimum atomic E-state index is -0.567. The van der Waals surface area contributed by atoms with Crippen molar-refractivity contribution < 1.29 is 19.0 Å². The molecule has 29 heavy (non-hydrogen) atoms. The van der Waals surface area contributed by atoms with Crippen molar-refractivity contribution in [1.82, 2.24) is 4.90 Å². The summed E-state index contributed by atoms with van der Waals surface area (Å²) in [5.74, 6) is 0.659. The Morgan fingerprint density at radius 3 is 2.90 bits per heavy atom. The van der Waals surface area contributed by atoms with Crippen molar-refractivity contribution in [3.63, 3.8) is 0 Å². The smallest absolute Gasteiger partial charge is 0.410 e. The standard InChI is InChI=1S/C23H30N2O4/c1-23(2,3)29-22(26)25-11-10-18-15-20(25)19-9-8-17(16-24)14-21(19)28-13-7-5-4-6-12-27-18/h4,6,8-9,14,18,20H,5,7,10-13,15H2,1-3H3/b6-4-/t18-,20-/m0/s1. The van der Waals surface area contributed by atoms with Crippen LogP contribution in [0.5, 0.6) is 5.75 Å². The minimum absolute atomic E-state index is 0.0487. The van der Waals surface area contributed by atoms with Crippen LogP contribution in [0.25, 0.3) is 0 Å². The lowest BCUT2D eigenvalue weighted by atomic mass is 9.92. The molecular weight excluding hydrogens is 368 g/mol. The summed E-state index contributed by atoms with van der Waals surface area (Å²) < 4.78 is 17.8. The fraction of sp³-hybridized carbons (Fsp3) is 0.565. The van der Waals surface area contributed by atoms with Crippen molar-refractivity contribution in [2.24, 2.45) is 0 Å². The number of nitriles is 1. The third kappa shape index (κ3) is 5.74. The Balaban J connectivity index is 1.96. The van der Waals surface area contributed by atoms with E-state index in [4.69, 9.17) is 14.2 Å². The van der Waals surface area contributed by atoms with Crippen LogP contribution in [0.1, 0.15) is 63.6 Å². The maximum atomic E-state index is 12.9. The summed E-state index contributed by atoms with van der Waals surface area (Å²) in [5, 5.41) is 9.31. The molecule has 1 fully saturated rings. The molecule has 1 aromatic rings. The number of ether oxygens (including phenoxy) is 3. The number of benzene rings is 1. The number of carbonyl (C=O) groups excluding carboxylic acids is 1. The molecule has 6 heteroatoms. The van der Waals surface area contributed by atoms with Crippen molar-refractivity contribution >= 4 is 6.09 Å². The van der Waals surface area contributed by atoms with Gasteiger partial charge in [-0.25, -0.2) is 4.79 Å². The first-order valence-electron chi connectivity index (χ1n) is 10.3. The largest absolute Gasteiger partial charge is 0.493 e. The molecule has 0 aliphatic carbocycles. The highest BCUT2D eigenvalue weighted by Gasteiger charge is 2.37. The zero-order valence-corrected chi connectivity index (χ0v) is 17.5. The first-order chi connectivity index (χ1) is 13.9. The molecule has 0 N–H and O–H groups in total. The molecule has 2 heterocycles. The number of allylic oxidation sites excluding steroid dienone is 1. The Morgan fingerprint density at radius 1 is 1.31 bits per heavy atom. The third-order valence-electron chi connectivity index (χ3n) is 5.05. The molecule has 1 saturated heterocycles. The van der Waals surface area contributed by atoms with Crippen LogP contribution in [-0.4, -0.2) is 42.5 Å². The quantitative estimate of drug-likeness (QED) is 0.590. The fourth-order valence-corrected chi connectivity index (χ4v) is 3.68. The molecule has 0 saturated carbocycles. The van der Waals surface area contributed by atoms with Crippen molar-refractivity contribution in [2.45, 2.75) is 64.2 Å². The number of amides is 1. The molecule has 2 aliphatic rings. The Morgan fingerprint density at radius 2 is 2.14 bits per heavy atom. The van der Waals surface area contributed by atoms with Gasteiger partial charge in [0.25, 0.3) is 0 Å². The molecule has 6 nitrogen and oxygen atoms in total. The fourth-order valence-electron chi connectivity index (χ4n) is 3.68. The number of rotatable bonds is 0. The first kappa shape index (κ1) is 21.2. The summed E-state index contributed by atoms with van der Waals surface area (Å²) >= 11 is 0. The van der Waals surface area contributed by atoms with Gasteiger partial charge in [0.15, 0.2) is 0 Å². The number of likely N-dealkylation sites (tertiary alicyclic amines) is 1. The number of hydrogen-bond acceptors (Lipinski definition) is 5. The average molecular weight is 399 g/mol. The topological polar surface area (TPSA) is 71.8 Å². The van der Waals surface area contributed by atoms with E-state index in [0.29, 0.717) is 37.5 Å². The van der Waals surface area contributed by atoms with Gasteiger partial charge in [-0.3, -0.25) is 0 Å².